The minimum absolute atomic E-state index is 0.0405. The Hall–Kier alpha value is -6.67. The predicted octanol–water partition coefficient (Wildman–Crippen LogP) is 9.03. The molecule has 0 aliphatic carbocycles. The second-order valence-corrected chi connectivity index (χ2v) is 23.5. The molecule has 424 valence electrons. The summed E-state index contributed by atoms with van der Waals surface area (Å²) in [4.78, 5) is 72.1. The first-order chi connectivity index (χ1) is 38.6. The molecule has 3 amide bonds. The lowest BCUT2D eigenvalue weighted by molar-refractivity contribution is -0.141. The highest BCUT2D eigenvalue weighted by Crippen LogP contribution is 2.44. The molecule has 3 aromatic heterocycles. The summed E-state index contributed by atoms with van der Waals surface area (Å²) in [6.45, 7) is 12.9. The van der Waals surface area contributed by atoms with Gasteiger partial charge in [0.25, 0.3) is 17.9 Å². The van der Waals surface area contributed by atoms with Gasteiger partial charge in [0.2, 0.25) is 11.8 Å². The minimum Gasteiger partial charge on any atom is -0.497 e. The number of rotatable bonds is 17. The van der Waals surface area contributed by atoms with Crippen molar-refractivity contribution in [2.24, 2.45) is 23.9 Å². The van der Waals surface area contributed by atoms with E-state index in [1.807, 2.05) is 85.7 Å². The van der Waals surface area contributed by atoms with Crippen LogP contribution in [-0.2, 0) is 27.9 Å². The van der Waals surface area contributed by atoms with E-state index in [4.69, 9.17) is 9.84 Å². The minimum atomic E-state index is -2.71. The molecule has 3 saturated heterocycles. The van der Waals surface area contributed by atoms with Crippen LogP contribution in [0, 0.1) is 25.7 Å². The first kappa shape index (κ1) is 56.6. The number of anilines is 2. The van der Waals surface area contributed by atoms with Gasteiger partial charge >= 0.3 is 0 Å². The molecule has 10 rings (SSSR count). The van der Waals surface area contributed by atoms with E-state index >= 15 is 8.78 Å². The Morgan fingerprint density at radius 2 is 1.66 bits per heavy atom. The number of aliphatic hydroxyl groups excluding tert-OH is 1. The van der Waals surface area contributed by atoms with E-state index in [9.17, 15) is 24.3 Å². The Labute approximate surface area is 470 Å². The Kier molecular flexibility index (Phi) is 17.4. The van der Waals surface area contributed by atoms with Crippen LogP contribution in [0.3, 0.4) is 0 Å². The number of aliphatic hydroxyl groups is 1. The molecule has 0 radical (unpaired) electrons. The standard InChI is InChI=1S/C61H74F2N10O6S/c1-37(2)56(61(78)72-20-8-10-51(72)59(76)64-30-45(35-74)41-11-13-42(14-12-41)57-39(4)65-36-80-57)67-55(75)34-70-21-15-40(16-22-70)32-69-23-17-46(18-24-69)73-33-44(31-66-73)48-26-43-9-7-19-71(52(43)29-49(48)58(62)63)54-28-47(79-6)27-53-50(54)25-38(3)60(77)68(53)5/h11-14,25-31,33,36-37,40,45-46,51,56,58,74H,7-10,15-24,32,34-35H2,1-6H3,(H,67,75)/t45?,51-,56-/m0/s1. The molecule has 3 aromatic carbocycles. The monoisotopic (exact) mass is 1110 g/mol. The summed E-state index contributed by atoms with van der Waals surface area (Å²) in [5, 5.41) is 18.9. The van der Waals surface area contributed by atoms with Crippen molar-refractivity contribution >= 4 is 57.6 Å². The molecule has 0 spiro atoms. The number of halogens is 2. The van der Waals surface area contributed by atoms with Gasteiger partial charge in [0.1, 0.15) is 17.8 Å². The number of amides is 3. The third-order valence-corrected chi connectivity index (χ3v) is 18.0. The van der Waals surface area contributed by atoms with E-state index in [-0.39, 0.29) is 48.0 Å². The molecule has 2 N–H and O–H groups in total. The third-order valence-electron chi connectivity index (χ3n) is 17.0. The lowest BCUT2D eigenvalue weighted by Crippen LogP contribution is -2.55. The number of aliphatic imine (C=N–C) groups is 1. The van der Waals surface area contributed by atoms with Crippen LogP contribution in [-0.4, -0.2) is 141 Å². The van der Waals surface area contributed by atoms with Gasteiger partial charge in [-0.1, -0.05) is 38.1 Å². The molecule has 16 nitrogen and oxygen atoms in total. The number of fused-ring (bicyclic) bond motifs is 2. The van der Waals surface area contributed by atoms with Crippen molar-refractivity contribution in [1.82, 2.24) is 39.3 Å². The van der Waals surface area contributed by atoms with Crippen molar-refractivity contribution in [3.8, 4) is 27.3 Å². The van der Waals surface area contributed by atoms with Gasteiger partial charge in [-0.15, -0.1) is 11.3 Å². The van der Waals surface area contributed by atoms with Gasteiger partial charge in [-0.05, 0) is 131 Å². The fourth-order valence-corrected chi connectivity index (χ4v) is 13.2. The summed E-state index contributed by atoms with van der Waals surface area (Å²) in [5.74, 6) is -0.553. The summed E-state index contributed by atoms with van der Waals surface area (Å²) in [5.41, 5.74) is 9.49. The van der Waals surface area contributed by atoms with E-state index in [0.29, 0.717) is 59.8 Å². The van der Waals surface area contributed by atoms with Gasteiger partial charge in [-0.25, -0.2) is 18.8 Å². The van der Waals surface area contributed by atoms with Crippen molar-refractivity contribution in [3.63, 3.8) is 0 Å². The van der Waals surface area contributed by atoms with Gasteiger partial charge in [-0.2, -0.15) is 5.10 Å². The van der Waals surface area contributed by atoms with Crippen molar-refractivity contribution in [1.29, 1.82) is 0 Å². The molecule has 7 heterocycles. The number of piperidine rings is 2. The first-order valence-corrected chi connectivity index (χ1v) is 29.2. The maximum absolute atomic E-state index is 15.1. The number of thiazole rings is 1. The third kappa shape index (κ3) is 12.0. The fraction of sp³-hybridized carbons (Fsp3) is 0.492. The molecule has 4 aliphatic heterocycles. The lowest BCUT2D eigenvalue weighted by atomic mass is 9.92. The molecule has 19 heteroatoms. The summed E-state index contributed by atoms with van der Waals surface area (Å²) in [6.07, 6.45) is 8.82. The fourth-order valence-electron chi connectivity index (χ4n) is 12.4. The average Bonchev–Trinajstić information content (AvgIpc) is 4.36. The highest BCUT2D eigenvalue weighted by atomic mass is 32.1. The number of alkyl halides is 2. The maximum atomic E-state index is 15.1. The van der Waals surface area contributed by atoms with Gasteiger partial charge in [0.15, 0.2) is 0 Å². The number of hydrogen-bond acceptors (Lipinski definition) is 12. The van der Waals surface area contributed by atoms with Crippen LogP contribution < -0.4 is 20.5 Å². The first-order valence-electron chi connectivity index (χ1n) is 28.3. The van der Waals surface area contributed by atoms with Crippen molar-refractivity contribution in [2.45, 2.75) is 110 Å². The highest BCUT2D eigenvalue weighted by molar-refractivity contribution is 7.13. The number of aromatic nitrogens is 4. The number of aryl methyl sites for hydroxylation is 4. The number of nitrogens with zero attached hydrogens (tertiary/aromatic N) is 9. The topological polar surface area (TPSA) is 171 Å². The molecular formula is C61H74F2N10O6S. The van der Waals surface area contributed by atoms with Crippen molar-refractivity contribution in [2.75, 3.05) is 71.0 Å². The predicted molar refractivity (Wildman–Crippen MR) is 309 cm³/mol. The average molecular weight is 1110 g/mol. The summed E-state index contributed by atoms with van der Waals surface area (Å²) < 4.78 is 39.5. The molecule has 6 aromatic rings. The van der Waals surface area contributed by atoms with Crippen LogP contribution in [0.15, 0.2) is 82.3 Å². The van der Waals surface area contributed by atoms with Crippen LogP contribution in [0.2, 0.25) is 0 Å². The van der Waals surface area contributed by atoms with E-state index in [2.05, 4.69) is 30.0 Å². The van der Waals surface area contributed by atoms with Gasteiger partial charge in [0, 0.05) is 98.0 Å². The van der Waals surface area contributed by atoms with E-state index in [1.54, 1.807) is 54.1 Å². The quantitative estimate of drug-likeness (QED) is 0.0836. The molecule has 4 aliphatic rings. The van der Waals surface area contributed by atoms with E-state index in [1.165, 1.54) is 6.21 Å². The number of likely N-dealkylation sites (tertiary alicyclic amines) is 3. The summed E-state index contributed by atoms with van der Waals surface area (Å²) in [7, 11) is 3.32. The van der Waals surface area contributed by atoms with E-state index in [0.717, 1.165) is 115 Å². The van der Waals surface area contributed by atoms with Gasteiger partial charge < -0.3 is 34.4 Å². The maximum Gasteiger partial charge on any atom is 0.268 e. The van der Waals surface area contributed by atoms with Gasteiger partial charge in [0.05, 0.1) is 59.8 Å². The van der Waals surface area contributed by atoms with Crippen LogP contribution in [0.5, 0.6) is 5.75 Å². The number of ether oxygens (including phenoxy) is 1. The van der Waals surface area contributed by atoms with Crippen LogP contribution in [0.25, 0.3) is 32.5 Å². The van der Waals surface area contributed by atoms with Gasteiger partial charge in [-0.3, -0.25) is 28.8 Å². The molecule has 0 bridgehead atoms. The summed E-state index contributed by atoms with van der Waals surface area (Å²) in [6, 6.07) is 15.6. The Morgan fingerprint density at radius 1 is 0.912 bits per heavy atom. The number of hydrogen-bond donors (Lipinski definition) is 2. The van der Waals surface area contributed by atoms with Crippen molar-refractivity contribution in [3.05, 3.63) is 111 Å². The smallest absolute Gasteiger partial charge is 0.268 e. The molecule has 3 fully saturated rings. The van der Waals surface area contributed by atoms with Crippen LogP contribution >= 0.6 is 11.3 Å². The Morgan fingerprint density at radius 3 is 2.35 bits per heavy atom. The number of methoxy groups -OCH3 is 1. The zero-order valence-electron chi connectivity index (χ0n) is 46.7. The molecular weight excluding hydrogens is 1040 g/mol. The zero-order chi connectivity index (χ0) is 56.4. The largest absolute Gasteiger partial charge is 0.497 e. The number of benzene rings is 3. The van der Waals surface area contributed by atoms with Crippen LogP contribution in [0.4, 0.5) is 20.2 Å². The highest BCUT2D eigenvalue weighted by Gasteiger charge is 2.39. The molecule has 80 heavy (non-hydrogen) atoms. The summed E-state index contributed by atoms with van der Waals surface area (Å²) >= 11 is 1.57. The SMILES string of the molecule is COc1cc(N2CCCc3cc(-c4cnn(C5CCN(CC6CCN(CC(=O)N[C@H](C(=O)N7CCC[C@H]7C(=O)N=CC(CO)c7ccc(-c8scnc8C)cc7)C(C)C)CC6)CC5)c4)c(C(F)F)cc32)c2cc(C)c(=O)n(C)c2c1. The number of pyridine rings is 1. The number of carbonyl (C=O) groups is 3. The normalized spacial score (nSPS) is 18.7. The van der Waals surface area contributed by atoms with Crippen LogP contribution in [0.1, 0.15) is 105 Å². The van der Waals surface area contributed by atoms with Crippen molar-refractivity contribution < 1.29 is 33.0 Å². The Balaban J connectivity index is 0.697. The zero-order valence-corrected chi connectivity index (χ0v) is 47.6. The number of carbonyl (C=O) groups excluding carboxylic acids is 3. The second-order valence-electron chi connectivity index (χ2n) is 22.6. The Bertz CT molecular complexity index is 3300. The molecule has 0 saturated carbocycles. The second kappa shape index (κ2) is 24.6. The molecule has 3 atom stereocenters. The van der Waals surface area contributed by atoms with E-state index < -0.39 is 30.3 Å². The number of nitrogens with one attached hydrogen (secondary N) is 1. The molecule has 1 unspecified atom stereocenters. The lowest BCUT2D eigenvalue weighted by Gasteiger charge is -2.37.